The third-order valence-electron chi connectivity index (χ3n) is 5.54. The van der Waals surface area contributed by atoms with E-state index in [1.165, 1.54) is 16.7 Å². The molecule has 156 valence electrons. The maximum absolute atomic E-state index is 12.8. The number of urea groups is 1. The summed E-state index contributed by atoms with van der Waals surface area (Å²) < 4.78 is 10.8. The summed E-state index contributed by atoms with van der Waals surface area (Å²) in [6, 6.07) is 12.6. The molecule has 1 aliphatic rings. The number of nitrogens with one attached hydrogen (secondary N) is 1. The van der Waals surface area contributed by atoms with Gasteiger partial charge in [0.2, 0.25) is 0 Å². The van der Waals surface area contributed by atoms with E-state index in [0.29, 0.717) is 25.4 Å². The Morgan fingerprint density at radius 1 is 1.10 bits per heavy atom. The number of carbonyl (C=O) groups excluding carboxylic acids is 1. The van der Waals surface area contributed by atoms with Crippen molar-refractivity contribution in [2.75, 3.05) is 41.4 Å². The van der Waals surface area contributed by atoms with Gasteiger partial charge in [-0.05, 0) is 56.3 Å². The molecular formula is C23H31N3O3. The van der Waals surface area contributed by atoms with Crippen LogP contribution in [0.4, 0.5) is 4.79 Å². The molecule has 1 aliphatic heterocycles. The van der Waals surface area contributed by atoms with Gasteiger partial charge < -0.3 is 24.6 Å². The summed E-state index contributed by atoms with van der Waals surface area (Å²) in [6.45, 7) is 3.89. The second kappa shape index (κ2) is 9.18. The molecule has 6 nitrogen and oxygen atoms in total. The Morgan fingerprint density at radius 2 is 1.72 bits per heavy atom. The zero-order valence-corrected chi connectivity index (χ0v) is 18.0. The molecule has 3 rings (SSSR count). The van der Waals surface area contributed by atoms with Gasteiger partial charge in [0.1, 0.15) is 0 Å². The van der Waals surface area contributed by atoms with Gasteiger partial charge in [0.25, 0.3) is 0 Å². The molecule has 0 aliphatic carbocycles. The summed E-state index contributed by atoms with van der Waals surface area (Å²) in [5.41, 5.74) is 4.74. The topological polar surface area (TPSA) is 54.0 Å². The first-order valence-electron chi connectivity index (χ1n) is 9.92. The summed E-state index contributed by atoms with van der Waals surface area (Å²) in [4.78, 5) is 16.8. The average molecular weight is 398 g/mol. The first kappa shape index (κ1) is 21.0. The first-order chi connectivity index (χ1) is 13.9. The van der Waals surface area contributed by atoms with Crippen LogP contribution in [0.1, 0.15) is 28.3 Å². The lowest BCUT2D eigenvalue weighted by Crippen LogP contribution is -2.45. The Kier molecular flexibility index (Phi) is 6.64. The van der Waals surface area contributed by atoms with Crippen LogP contribution in [0.15, 0.2) is 36.4 Å². The van der Waals surface area contributed by atoms with Crippen molar-refractivity contribution in [2.24, 2.45) is 0 Å². The van der Waals surface area contributed by atoms with Gasteiger partial charge in [0.05, 0.1) is 20.3 Å². The van der Waals surface area contributed by atoms with Crippen molar-refractivity contribution in [1.29, 1.82) is 0 Å². The molecular weight excluding hydrogens is 366 g/mol. The van der Waals surface area contributed by atoms with Crippen LogP contribution in [0.25, 0.3) is 0 Å². The highest BCUT2D eigenvalue weighted by atomic mass is 16.5. The quantitative estimate of drug-likeness (QED) is 0.812. The van der Waals surface area contributed by atoms with E-state index in [9.17, 15) is 4.79 Å². The molecule has 2 aromatic carbocycles. The molecule has 1 atom stereocenters. The molecule has 1 heterocycles. The predicted octanol–water partition coefficient (Wildman–Crippen LogP) is 3.38. The summed E-state index contributed by atoms with van der Waals surface area (Å²) in [7, 11) is 7.34. The Balaban J connectivity index is 1.66. The molecule has 6 heteroatoms. The van der Waals surface area contributed by atoms with E-state index in [-0.39, 0.29) is 12.1 Å². The standard InChI is InChI=1S/C23H31N3O3/c1-16-6-8-17(9-7-16)20(25(2)3)14-24-23(27)26-11-10-18-12-21(28-4)22(29-5)13-19(18)15-26/h6-9,12-13,20H,10-11,14-15H2,1-5H3,(H,24,27). The van der Waals surface area contributed by atoms with Gasteiger partial charge in [0, 0.05) is 19.6 Å². The van der Waals surface area contributed by atoms with Crippen LogP contribution in [0.5, 0.6) is 11.5 Å². The van der Waals surface area contributed by atoms with Crippen molar-refractivity contribution in [3.8, 4) is 11.5 Å². The minimum absolute atomic E-state index is 0.0376. The molecule has 0 spiro atoms. The van der Waals surface area contributed by atoms with Crippen LogP contribution in [-0.4, -0.2) is 57.2 Å². The van der Waals surface area contributed by atoms with E-state index in [0.717, 1.165) is 17.7 Å². The van der Waals surface area contributed by atoms with E-state index in [2.05, 4.69) is 41.4 Å². The van der Waals surface area contributed by atoms with Crippen molar-refractivity contribution < 1.29 is 14.3 Å². The molecule has 1 unspecified atom stereocenters. The molecule has 0 fully saturated rings. The summed E-state index contributed by atoms with van der Waals surface area (Å²) in [5, 5.41) is 3.12. The fourth-order valence-corrected chi connectivity index (χ4v) is 3.74. The molecule has 0 aromatic heterocycles. The van der Waals surface area contributed by atoms with Crippen LogP contribution < -0.4 is 14.8 Å². The summed E-state index contributed by atoms with van der Waals surface area (Å²) in [6.07, 6.45) is 0.804. The Labute approximate surface area is 173 Å². The lowest BCUT2D eigenvalue weighted by atomic mass is 9.99. The van der Waals surface area contributed by atoms with Crippen LogP contribution in [0, 0.1) is 6.92 Å². The normalized spacial score (nSPS) is 14.3. The number of likely N-dealkylation sites (N-methyl/N-ethyl adjacent to an activating group) is 1. The molecule has 29 heavy (non-hydrogen) atoms. The Morgan fingerprint density at radius 3 is 2.31 bits per heavy atom. The zero-order valence-electron chi connectivity index (χ0n) is 18.0. The number of ether oxygens (including phenoxy) is 2. The van der Waals surface area contributed by atoms with E-state index >= 15 is 0 Å². The van der Waals surface area contributed by atoms with Crippen molar-refractivity contribution >= 4 is 6.03 Å². The van der Waals surface area contributed by atoms with Crippen LogP contribution >= 0.6 is 0 Å². The van der Waals surface area contributed by atoms with Crippen LogP contribution in [-0.2, 0) is 13.0 Å². The van der Waals surface area contributed by atoms with Crippen molar-refractivity contribution in [3.05, 3.63) is 58.7 Å². The second-order valence-corrected chi connectivity index (χ2v) is 7.72. The number of carbonyl (C=O) groups is 1. The number of aryl methyl sites for hydroxylation is 1. The lowest BCUT2D eigenvalue weighted by Gasteiger charge is -2.31. The molecule has 0 radical (unpaired) electrons. The minimum atomic E-state index is -0.0376. The Bertz CT molecular complexity index is 849. The highest BCUT2D eigenvalue weighted by Gasteiger charge is 2.24. The number of fused-ring (bicyclic) bond motifs is 1. The van der Waals surface area contributed by atoms with Gasteiger partial charge in [-0.3, -0.25) is 0 Å². The minimum Gasteiger partial charge on any atom is -0.493 e. The first-order valence-corrected chi connectivity index (χ1v) is 9.92. The van der Waals surface area contributed by atoms with Gasteiger partial charge >= 0.3 is 6.03 Å². The average Bonchev–Trinajstić information content (AvgIpc) is 2.73. The molecule has 0 saturated heterocycles. The lowest BCUT2D eigenvalue weighted by molar-refractivity contribution is 0.187. The van der Waals surface area contributed by atoms with Crippen LogP contribution in [0.3, 0.4) is 0 Å². The molecule has 2 amide bonds. The number of hydrogen-bond acceptors (Lipinski definition) is 4. The number of rotatable bonds is 6. The van der Waals surface area contributed by atoms with Gasteiger partial charge in [-0.2, -0.15) is 0 Å². The number of methoxy groups -OCH3 is 2. The number of nitrogens with zero attached hydrogens (tertiary/aromatic N) is 2. The van der Waals surface area contributed by atoms with E-state index in [1.807, 2.05) is 31.1 Å². The number of amides is 2. The summed E-state index contributed by atoms with van der Waals surface area (Å²) >= 11 is 0. The smallest absolute Gasteiger partial charge is 0.317 e. The highest BCUT2D eigenvalue weighted by molar-refractivity contribution is 5.74. The third-order valence-corrected chi connectivity index (χ3v) is 5.54. The van der Waals surface area contributed by atoms with E-state index in [1.54, 1.807) is 14.2 Å². The van der Waals surface area contributed by atoms with Crippen molar-refractivity contribution in [2.45, 2.75) is 25.9 Å². The maximum Gasteiger partial charge on any atom is 0.317 e. The highest BCUT2D eigenvalue weighted by Crippen LogP contribution is 2.33. The second-order valence-electron chi connectivity index (χ2n) is 7.72. The van der Waals surface area contributed by atoms with Gasteiger partial charge in [-0.25, -0.2) is 4.79 Å². The molecule has 0 bridgehead atoms. The maximum atomic E-state index is 12.8. The SMILES string of the molecule is COc1cc2c(cc1OC)CN(C(=O)NCC(c1ccc(C)cc1)N(C)C)CC2. The van der Waals surface area contributed by atoms with Gasteiger partial charge in [-0.1, -0.05) is 29.8 Å². The van der Waals surface area contributed by atoms with E-state index in [4.69, 9.17) is 9.47 Å². The largest absolute Gasteiger partial charge is 0.493 e. The van der Waals surface area contributed by atoms with Crippen molar-refractivity contribution in [1.82, 2.24) is 15.1 Å². The number of benzene rings is 2. The molecule has 2 aromatic rings. The predicted molar refractivity (Wildman–Crippen MR) is 115 cm³/mol. The summed E-state index contributed by atoms with van der Waals surface area (Å²) in [5.74, 6) is 1.43. The van der Waals surface area contributed by atoms with Crippen molar-refractivity contribution in [3.63, 3.8) is 0 Å². The molecule has 1 N–H and O–H groups in total. The van der Waals surface area contributed by atoms with Gasteiger partial charge in [-0.15, -0.1) is 0 Å². The van der Waals surface area contributed by atoms with Gasteiger partial charge in [0.15, 0.2) is 11.5 Å². The van der Waals surface area contributed by atoms with E-state index < -0.39 is 0 Å². The molecule has 0 saturated carbocycles. The zero-order chi connectivity index (χ0) is 21.0. The van der Waals surface area contributed by atoms with Crippen LogP contribution in [0.2, 0.25) is 0 Å². The monoisotopic (exact) mass is 397 g/mol. The fourth-order valence-electron chi connectivity index (χ4n) is 3.74. The number of hydrogen-bond donors (Lipinski definition) is 1. The Hall–Kier alpha value is -2.73. The fraction of sp³-hybridized carbons (Fsp3) is 0.435. The third kappa shape index (κ3) is 4.82.